The van der Waals surface area contributed by atoms with Crippen LogP contribution in [0, 0.1) is 0 Å². The second-order valence-electron chi connectivity index (χ2n) is 4.29. The molecule has 0 saturated heterocycles. The van der Waals surface area contributed by atoms with E-state index in [1.165, 1.54) is 7.11 Å². The molecule has 0 spiro atoms. The Morgan fingerprint density at radius 2 is 1.79 bits per heavy atom. The van der Waals surface area contributed by atoms with Gasteiger partial charge < -0.3 is 30.1 Å². The van der Waals surface area contributed by atoms with E-state index in [9.17, 15) is 20.4 Å². The van der Waals surface area contributed by atoms with Gasteiger partial charge in [0, 0.05) is 31.7 Å². The molecule has 0 rings (SSSR count). The summed E-state index contributed by atoms with van der Waals surface area (Å²) in [6, 6.07) is 0. The molecule has 0 fully saturated rings. The molecule has 2 unspecified atom stereocenters. The first-order valence-electron chi connectivity index (χ1n) is 5.84. The molecule has 0 aromatic heterocycles. The van der Waals surface area contributed by atoms with Gasteiger partial charge >= 0.3 is 0 Å². The number of rotatable bonds is 10. The minimum absolute atomic E-state index is 0.0683. The summed E-state index contributed by atoms with van der Waals surface area (Å²) in [5.74, 6) is 0. The highest BCUT2D eigenvalue weighted by molar-refractivity contribution is 4.82. The van der Waals surface area contributed by atoms with Gasteiger partial charge in [0.2, 0.25) is 0 Å². The van der Waals surface area contributed by atoms with E-state index in [4.69, 9.17) is 5.53 Å². The fourth-order valence-corrected chi connectivity index (χ4v) is 1.50. The van der Waals surface area contributed by atoms with E-state index in [-0.39, 0.29) is 19.7 Å². The van der Waals surface area contributed by atoms with E-state index in [2.05, 4.69) is 14.8 Å². The van der Waals surface area contributed by atoms with Crippen molar-refractivity contribution < 1.29 is 25.2 Å². The van der Waals surface area contributed by atoms with Crippen LogP contribution in [-0.2, 0) is 4.74 Å². The summed E-state index contributed by atoms with van der Waals surface area (Å²) in [5.41, 5.74) is 8.11. The number of nitrogens with zero attached hydrogens (tertiary/aromatic N) is 4. The van der Waals surface area contributed by atoms with Crippen molar-refractivity contribution in [2.24, 2.45) is 5.11 Å². The predicted molar refractivity (Wildman–Crippen MR) is 67.4 cm³/mol. The maximum atomic E-state index is 9.73. The lowest BCUT2D eigenvalue weighted by molar-refractivity contribution is -0.121. The van der Waals surface area contributed by atoms with Crippen LogP contribution in [0.4, 0.5) is 0 Å². The van der Waals surface area contributed by atoms with Gasteiger partial charge in [0.05, 0.1) is 12.7 Å². The normalized spacial score (nSPS) is 17.6. The number of hydrogen-bond donors (Lipinski definition) is 4. The van der Waals surface area contributed by atoms with Gasteiger partial charge in [-0.2, -0.15) is 0 Å². The van der Waals surface area contributed by atoms with Crippen LogP contribution in [0.1, 0.15) is 0 Å². The number of methoxy groups -OCH3 is 1. The number of likely N-dealkylation sites (N-methyl/N-ethyl adjacent to an activating group) is 1. The minimum atomic E-state index is -1.50. The Morgan fingerprint density at radius 1 is 1.21 bits per heavy atom. The smallest absolute Gasteiger partial charge is 0.111 e. The van der Waals surface area contributed by atoms with Crippen LogP contribution >= 0.6 is 0 Å². The van der Waals surface area contributed by atoms with Crippen LogP contribution in [0.2, 0.25) is 0 Å². The third kappa shape index (κ3) is 7.28. The van der Waals surface area contributed by atoms with Crippen molar-refractivity contribution in [2.75, 3.05) is 40.4 Å². The molecule has 9 heteroatoms. The Hall–Kier alpha value is -0.930. The van der Waals surface area contributed by atoms with Gasteiger partial charge in [-0.05, 0) is 12.6 Å². The molecule has 0 radical (unpaired) electrons. The second kappa shape index (κ2) is 9.93. The van der Waals surface area contributed by atoms with Crippen LogP contribution in [0.5, 0.6) is 0 Å². The first-order chi connectivity index (χ1) is 8.93. The summed E-state index contributed by atoms with van der Waals surface area (Å²) in [6.07, 6.45) is -5.51. The fourth-order valence-electron chi connectivity index (χ4n) is 1.50. The van der Waals surface area contributed by atoms with Gasteiger partial charge in [-0.3, -0.25) is 0 Å². The van der Waals surface area contributed by atoms with Gasteiger partial charge in [-0.25, -0.2) is 0 Å². The number of azide groups is 1. The van der Waals surface area contributed by atoms with Gasteiger partial charge in [-0.15, -0.1) is 0 Å². The molecule has 0 amide bonds. The molecule has 19 heavy (non-hydrogen) atoms. The molecule has 0 saturated carbocycles. The largest absolute Gasteiger partial charge is 0.389 e. The highest BCUT2D eigenvalue weighted by atomic mass is 16.5. The molecule has 112 valence electrons. The van der Waals surface area contributed by atoms with E-state index in [0.29, 0.717) is 6.54 Å². The lowest BCUT2D eigenvalue weighted by Crippen LogP contribution is -2.49. The van der Waals surface area contributed by atoms with E-state index in [1.54, 1.807) is 11.9 Å². The van der Waals surface area contributed by atoms with Crippen LogP contribution in [0.25, 0.3) is 10.4 Å². The summed E-state index contributed by atoms with van der Waals surface area (Å²) in [7, 11) is 3.02. The van der Waals surface area contributed by atoms with Crippen molar-refractivity contribution in [3.8, 4) is 0 Å². The molecule has 0 heterocycles. The Labute approximate surface area is 111 Å². The van der Waals surface area contributed by atoms with Crippen LogP contribution in [-0.4, -0.2) is 90.1 Å². The predicted octanol–water partition coefficient (Wildman–Crippen LogP) is -1.68. The first kappa shape index (κ1) is 18.1. The average molecular weight is 278 g/mol. The zero-order chi connectivity index (χ0) is 14.8. The van der Waals surface area contributed by atoms with Crippen LogP contribution in [0.15, 0.2) is 5.11 Å². The molecule has 9 nitrogen and oxygen atoms in total. The van der Waals surface area contributed by atoms with Crippen molar-refractivity contribution in [1.29, 1.82) is 0 Å². The fraction of sp³-hybridized carbons (Fsp3) is 1.00. The Morgan fingerprint density at radius 3 is 2.32 bits per heavy atom. The number of hydrogen-bond acceptors (Lipinski definition) is 7. The quantitative estimate of drug-likeness (QED) is 0.213. The Bertz CT molecular complexity index is 287. The molecule has 4 N–H and O–H groups in total. The molecule has 4 atom stereocenters. The van der Waals surface area contributed by atoms with Gasteiger partial charge in [0.1, 0.15) is 18.3 Å². The van der Waals surface area contributed by atoms with Crippen LogP contribution < -0.4 is 0 Å². The van der Waals surface area contributed by atoms with Crippen molar-refractivity contribution >= 4 is 0 Å². The maximum absolute atomic E-state index is 9.73. The van der Waals surface area contributed by atoms with Crippen molar-refractivity contribution in [1.82, 2.24) is 4.90 Å². The lowest BCUT2D eigenvalue weighted by Gasteiger charge is -2.28. The van der Waals surface area contributed by atoms with E-state index >= 15 is 0 Å². The molecular weight excluding hydrogens is 256 g/mol. The third-order valence-corrected chi connectivity index (χ3v) is 2.62. The van der Waals surface area contributed by atoms with Gasteiger partial charge in [-0.1, -0.05) is 5.11 Å². The Kier molecular flexibility index (Phi) is 9.44. The lowest BCUT2D eigenvalue weighted by atomic mass is 10.0. The summed E-state index contributed by atoms with van der Waals surface area (Å²) in [6.45, 7) is 0.575. The zero-order valence-electron chi connectivity index (χ0n) is 11.1. The SMILES string of the molecule is COCC(O)[C@@H](O)[C@H](O)C(O)CN(C)CCN=[N+]=[N-]. The average Bonchev–Trinajstić information content (AvgIpc) is 2.37. The molecule has 0 aliphatic heterocycles. The van der Waals surface area contributed by atoms with Gasteiger partial charge in [0.25, 0.3) is 0 Å². The molecule has 0 bridgehead atoms. The van der Waals surface area contributed by atoms with Crippen LogP contribution in [0.3, 0.4) is 0 Å². The maximum Gasteiger partial charge on any atom is 0.111 e. The molecule has 0 aliphatic carbocycles. The number of aliphatic hydroxyl groups is 4. The van der Waals surface area contributed by atoms with E-state index in [0.717, 1.165) is 0 Å². The Balaban J connectivity index is 4.16. The summed E-state index contributed by atoms with van der Waals surface area (Å²) in [5, 5.41) is 41.8. The second-order valence-corrected chi connectivity index (χ2v) is 4.29. The monoisotopic (exact) mass is 278 g/mol. The van der Waals surface area contributed by atoms with Crippen molar-refractivity contribution in [3.05, 3.63) is 10.4 Å². The van der Waals surface area contributed by atoms with Crippen molar-refractivity contribution in [2.45, 2.75) is 24.4 Å². The summed E-state index contributed by atoms with van der Waals surface area (Å²) < 4.78 is 4.64. The minimum Gasteiger partial charge on any atom is -0.389 e. The zero-order valence-corrected chi connectivity index (χ0v) is 11.1. The van der Waals surface area contributed by atoms with E-state index in [1.807, 2.05) is 0 Å². The first-order valence-corrected chi connectivity index (χ1v) is 5.84. The van der Waals surface area contributed by atoms with Crippen molar-refractivity contribution in [3.63, 3.8) is 0 Å². The number of ether oxygens (including phenoxy) is 1. The topological polar surface area (TPSA) is 142 Å². The standard InChI is InChI=1S/C10H22N4O5/c1-14(4-3-12-13-11)5-7(15)9(17)10(18)8(16)6-19-2/h7-10,15-18H,3-6H2,1-2H3/t7?,8?,9-,10-/m1/s1. The molecule has 0 aliphatic rings. The number of aliphatic hydroxyl groups excluding tert-OH is 4. The summed E-state index contributed by atoms with van der Waals surface area (Å²) >= 11 is 0. The third-order valence-electron chi connectivity index (χ3n) is 2.62. The van der Waals surface area contributed by atoms with E-state index < -0.39 is 24.4 Å². The molecule has 0 aromatic carbocycles. The van der Waals surface area contributed by atoms with Gasteiger partial charge in [0.15, 0.2) is 0 Å². The highest BCUT2D eigenvalue weighted by Gasteiger charge is 2.30. The molecule has 0 aromatic rings. The summed E-state index contributed by atoms with van der Waals surface area (Å²) in [4.78, 5) is 4.23. The molecular formula is C10H22N4O5. The highest BCUT2D eigenvalue weighted by Crippen LogP contribution is 2.06.